The van der Waals surface area contributed by atoms with Crippen LogP contribution in [-0.4, -0.2) is 40.3 Å². The fourth-order valence-corrected chi connectivity index (χ4v) is 4.00. The summed E-state index contributed by atoms with van der Waals surface area (Å²) in [5, 5.41) is 0. The predicted molar refractivity (Wildman–Crippen MR) is 128 cm³/mol. The van der Waals surface area contributed by atoms with Crippen molar-refractivity contribution in [1.29, 1.82) is 0 Å². The second-order valence-corrected chi connectivity index (χ2v) is 9.61. The highest BCUT2D eigenvalue weighted by Gasteiger charge is 2.35. The zero-order valence-electron chi connectivity index (χ0n) is 20.3. The molecule has 178 valence electrons. The largest absolute Gasteiger partial charge is 0.445 e. The van der Waals surface area contributed by atoms with Crippen LogP contribution in [0.25, 0.3) is 0 Å². The number of likely N-dealkylation sites (tertiary alicyclic amines) is 1. The Kier molecular flexibility index (Phi) is 7.95. The SMILES string of the molecule is CC(C)N(C(=O)OC(C)(C)C)c1ncccc1[C@H]1CCCCN1C(=O)OCc1ccccc1. The third-order valence-corrected chi connectivity index (χ3v) is 5.45. The number of carbonyl (C=O) groups excluding carboxylic acids is 2. The van der Waals surface area contributed by atoms with E-state index >= 15 is 0 Å². The third-order valence-electron chi connectivity index (χ3n) is 5.45. The van der Waals surface area contributed by atoms with Gasteiger partial charge in [-0.05, 0) is 65.5 Å². The van der Waals surface area contributed by atoms with Gasteiger partial charge in [0.2, 0.25) is 0 Å². The lowest BCUT2D eigenvalue weighted by atomic mass is 9.95. The predicted octanol–water partition coefficient (Wildman–Crippen LogP) is 6.10. The summed E-state index contributed by atoms with van der Waals surface area (Å²) in [4.78, 5) is 34.0. The van der Waals surface area contributed by atoms with Crippen LogP contribution in [0.2, 0.25) is 0 Å². The summed E-state index contributed by atoms with van der Waals surface area (Å²) in [6.07, 6.45) is 3.53. The van der Waals surface area contributed by atoms with Gasteiger partial charge in [0.15, 0.2) is 0 Å². The molecular formula is C26H35N3O4. The molecular weight excluding hydrogens is 418 g/mol. The molecule has 1 atom stereocenters. The highest BCUT2D eigenvalue weighted by atomic mass is 16.6. The number of benzene rings is 1. The van der Waals surface area contributed by atoms with Crippen LogP contribution in [-0.2, 0) is 16.1 Å². The Bertz CT molecular complexity index is 940. The Morgan fingerprint density at radius 1 is 1.12 bits per heavy atom. The lowest BCUT2D eigenvalue weighted by molar-refractivity contribution is 0.0567. The Morgan fingerprint density at radius 3 is 2.52 bits per heavy atom. The summed E-state index contributed by atoms with van der Waals surface area (Å²) in [5.74, 6) is 0.523. The van der Waals surface area contributed by atoms with Gasteiger partial charge in [-0.15, -0.1) is 0 Å². The molecule has 3 rings (SSSR count). The third kappa shape index (κ3) is 6.46. The maximum Gasteiger partial charge on any atom is 0.416 e. The molecule has 1 fully saturated rings. The van der Waals surface area contributed by atoms with Gasteiger partial charge in [0.25, 0.3) is 0 Å². The molecule has 0 saturated carbocycles. The molecule has 1 aliphatic rings. The van der Waals surface area contributed by atoms with Crippen LogP contribution in [0.15, 0.2) is 48.7 Å². The molecule has 0 N–H and O–H groups in total. The Labute approximate surface area is 196 Å². The molecule has 7 nitrogen and oxygen atoms in total. The standard InChI is InChI=1S/C26H35N3O4/c1-19(2)29(25(31)33-26(3,4)5)23-21(14-11-16-27-23)22-15-9-10-17-28(22)24(30)32-18-20-12-7-6-8-13-20/h6-8,11-14,16,19,22H,9-10,15,17-18H2,1-5H3/t22-/m1/s1. The van der Waals surface area contributed by atoms with Gasteiger partial charge >= 0.3 is 12.2 Å². The van der Waals surface area contributed by atoms with Crippen molar-refractivity contribution in [2.45, 2.75) is 78.2 Å². The van der Waals surface area contributed by atoms with Gasteiger partial charge in [0, 0.05) is 24.3 Å². The zero-order chi connectivity index (χ0) is 24.0. The molecule has 1 aromatic heterocycles. The molecule has 1 saturated heterocycles. The average Bonchev–Trinajstić information content (AvgIpc) is 2.77. The van der Waals surface area contributed by atoms with Crippen molar-refractivity contribution in [3.63, 3.8) is 0 Å². The minimum Gasteiger partial charge on any atom is -0.445 e. The molecule has 1 aromatic carbocycles. The van der Waals surface area contributed by atoms with Crippen LogP contribution in [0.3, 0.4) is 0 Å². The number of amides is 2. The maximum absolute atomic E-state index is 13.1. The molecule has 1 aliphatic heterocycles. The molecule has 0 unspecified atom stereocenters. The topological polar surface area (TPSA) is 72.0 Å². The van der Waals surface area contributed by atoms with Crippen LogP contribution in [0.5, 0.6) is 0 Å². The maximum atomic E-state index is 13.1. The highest BCUT2D eigenvalue weighted by Crippen LogP contribution is 2.37. The van der Waals surface area contributed by atoms with Gasteiger partial charge in [-0.25, -0.2) is 14.6 Å². The number of nitrogens with zero attached hydrogens (tertiary/aromatic N) is 3. The number of hydrogen-bond donors (Lipinski definition) is 0. The summed E-state index contributed by atoms with van der Waals surface area (Å²) < 4.78 is 11.3. The van der Waals surface area contributed by atoms with Crippen molar-refractivity contribution in [1.82, 2.24) is 9.88 Å². The lowest BCUT2D eigenvalue weighted by Crippen LogP contribution is -2.44. The van der Waals surface area contributed by atoms with Crippen molar-refractivity contribution in [3.05, 3.63) is 59.8 Å². The highest BCUT2D eigenvalue weighted by molar-refractivity contribution is 5.88. The van der Waals surface area contributed by atoms with Crippen molar-refractivity contribution in [2.24, 2.45) is 0 Å². The van der Waals surface area contributed by atoms with E-state index in [4.69, 9.17) is 9.47 Å². The molecule has 0 aliphatic carbocycles. The van der Waals surface area contributed by atoms with Gasteiger partial charge in [-0.2, -0.15) is 0 Å². The van der Waals surface area contributed by atoms with E-state index in [1.165, 1.54) is 0 Å². The number of piperidine rings is 1. The van der Waals surface area contributed by atoms with Crippen molar-refractivity contribution in [2.75, 3.05) is 11.4 Å². The average molecular weight is 454 g/mol. The van der Waals surface area contributed by atoms with Gasteiger partial charge in [-0.1, -0.05) is 36.4 Å². The van der Waals surface area contributed by atoms with E-state index in [9.17, 15) is 9.59 Å². The summed E-state index contributed by atoms with van der Waals surface area (Å²) in [6.45, 7) is 10.2. The Hall–Kier alpha value is -3.09. The van der Waals surface area contributed by atoms with Crippen molar-refractivity contribution < 1.29 is 19.1 Å². The van der Waals surface area contributed by atoms with Crippen LogP contribution in [0.1, 0.15) is 71.0 Å². The van der Waals surface area contributed by atoms with E-state index in [0.717, 1.165) is 30.4 Å². The monoisotopic (exact) mass is 453 g/mol. The van der Waals surface area contributed by atoms with E-state index in [-0.39, 0.29) is 24.8 Å². The minimum atomic E-state index is -0.628. The van der Waals surface area contributed by atoms with E-state index in [2.05, 4.69) is 4.98 Å². The number of ether oxygens (including phenoxy) is 2. The molecule has 0 spiro atoms. The molecule has 7 heteroatoms. The fourth-order valence-electron chi connectivity index (χ4n) is 4.00. The normalized spacial score (nSPS) is 16.4. The van der Waals surface area contributed by atoms with Gasteiger partial charge in [0.1, 0.15) is 18.0 Å². The second kappa shape index (κ2) is 10.7. The molecule has 2 amide bonds. The van der Waals surface area contributed by atoms with Gasteiger partial charge in [-0.3, -0.25) is 4.90 Å². The van der Waals surface area contributed by atoms with Crippen LogP contribution in [0.4, 0.5) is 15.4 Å². The summed E-state index contributed by atoms with van der Waals surface area (Å²) in [6, 6.07) is 13.0. The molecule has 33 heavy (non-hydrogen) atoms. The Morgan fingerprint density at radius 2 is 1.85 bits per heavy atom. The zero-order valence-corrected chi connectivity index (χ0v) is 20.3. The van der Waals surface area contributed by atoms with Gasteiger partial charge in [0.05, 0.1) is 6.04 Å². The quantitative estimate of drug-likeness (QED) is 0.547. The number of pyridine rings is 1. The number of hydrogen-bond acceptors (Lipinski definition) is 5. The number of rotatable bonds is 5. The molecule has 2 aromatic rings. The van der Waals surface area contributed by atoms with E-state index in [0.29, 0.717) is 12.4 Å². The molecule has 0 radical (unpaired) electrons. The fraction of sp³-hybridized carbons (Fsp3) is 0.500. The van der Waals surface area contributed by atoms with Crippen molar-refractivity contribution in [3.8, 4) is 0 Å². The van der Waals surface area contributed by atoms with Crippen LogP contribution in [0, 0.1) is 0 Å². The van der Waals surface area contributed by atoms with E-state index in [1.54, 1.807) is 16.0 Å². The molecule has 0 bridgehead atoms. The molecule has 2 heterocycles. The number of anilines is 1. The smallest absolute Gasteiger partial charge is 0.416 e. The van der Waals surface area contributed by atoms with Crippen LogP contribution >= 0.6 is 0 Å². The lowest BCUT2D eigenvalue weighted by Gasteiger charge is -2.37. The second-order valence-electron chi connectivity index (χ2n) is 9.61. The van der Waals surface area contributed by atoms with E-state index in [1.807, 2.05) is 77.1 Å². The van der Waals surface area contributed by atoms with Gasteiger partial charge < -0.3 is 14.4 Å². The Balaban J connectivity index is 1.87. The first kappa shape index (κ1) is 24.6. The number of carbonyl (C=O) groups is 2. The summed E-state index contributed by atoms with van der Waals surface area (Å²) >= 11 is 0. The summed E-state index contributed by atoms with van der Waals surface area (Å²) in [5.41, 5.74) is 1.14. The first-order valence-corrected chi connectivity index (χ1v) is 11.6. The first-order chi connectivity index (χ1) is 15.7. The van der Waals surface area contributed by atoms with Crippen molar-refractivity contribution >= 4 is 18.0 Å². The van der Waals surface area contributed by atoms with E-state index < -0.39 is 11.7 Å². The number of aromatic nitrogens is 1. The van der Waals surface area contributed by atoms with Crippen LogP contribution < -0.4 is 4.90 Å². The first-order valence-electron chi connectivity index (χ1n) is 11.6. The minimum absolute atomic E-state index is 0.171. The summed E-state index contributed by atoms with van der Waals surface area (Å²) in [7, 11) is 0.